The summed E-state index contributed by atoms with van der Waals surface area (Å²) in [6, 6.07) is 0. The van der Waals surface area contributed by atoms with E-state index in [2.05, 4.69) is 34.5 Å². The molecule has 0 aliphatic rings. The van der Waals surface area contributed by atoms with Crippen LogP contribution in [0.5, 0.6) is 0 Å². The van der Waals surface area contributed by atoms with Crippen LogP contribution >= 0.6 is 0 Å². The maximum absolute atomic E-state index is 3.09. The van der Waals surface area contributed by atoms with Crippen molar-refractivity contribution in [2.45, 2.75) is 0 Å². The summed E-state index contributed by atoms with van der Waals surface area (Å²) in [6.07, 6.45) is 0. The van der Waals surface area contributed by atoms with Gasteiger partial charge in [0.05, 0.1) is 6.67 Å². The molecule has 0 aromatic heterocycles. The van der Waals surface area contributed by atoms with Gasteiger partial charge in [-0.3, -0.25) is 9.80 Å². The molecule has 0 saturated carbocycles. The Balaban J connectivity index is 3.32. The van der Waals surface area contributed by atoms with Crippen LogP contribution in [-0.4, -0.2) is 58.0 Å². The fourth-order valence-electron chi connectivity index (χ4n) is 1.05. The molecule has 11 heavy (non-hydrogen) atoms. The number of nitrogens with one attached hydrogen (secondary N) is 2. The first-order chi connectivity index (χ1) is 5.20. The van der Waals surface area contributed by atoms with E-state index in [-0.39, 0.29) is 0 Å². The first kappa shape index (κ1) is 10.8. The number of hydrogen-bond donors (Lipinski definition) is 2. The minimum atomic E-state index is 0.925. The third-order valence-corrected chi connectivity index (χ3v) is 1.34. The van der Waals surface area contributed by atoms with Crippen LogP contribution in [0.2, 0.25) is 0 Å². The van der Waals surface area contributed by atoms with E-state index in [9.17, 15) is 0 Å². The summed E-state index contributed by atoms with van der Waals surface area (Å²) >= 11 is 0. The molecular weight excluding hydrogens is 140 g/mol. The molecule has 0 aromatic rings. The van der Waals surface area contributed by atoms with Crippen molar-refractivity contribution < 1.29 is 0 Å². The first-order valence-electron chi connectivity index (χ1n) is 3.87. The van der Waals surface area contributed by atoms with Crippen molar-refractivity contribution in [2.75, 3.05) is 48.2 Å². The summed E-state index contributed by atoms with van der Waals surface area (Å²) in [5, 5.41) is 6.19. The van der Waals surface area contributed by atoms with E-state index in [0.717, 1.165) is 20.0 Å². The molecular formula is C7H20N4. The lowest BCUT2D eigenvalue weighted by atomic mass is 10.7. The van der Waals surface area contributed by atoms with Gasteiger partial charge in [0.25, 0.3) is 0 Å². The molecule has 2 N–H and O–H groups in total. The molecule has 4 nitrogen and oxygen atoms in total. The maximum Gasteiger partial charge on any atom is 0.0523 e. The Morgan fingerprint density at radius 2 is 1.27 bits per heavy atom. The van der Waals surface area contributed by atoms with Crippen LogP contribution in [0.4, 0.5) is 0 Å². The lowest BCUT2D eigenvalue weighted by molar-refractivity contribution is 0.170. The van der Waals surface area contributed by atoms with E-state index in [1.54, 1.807) is 0 Å². The quantitative estimate of drug-likeness (QED) is 0.496. The third kappa shape index (κ3) is 6.25. The molecule has 0 atom stereocenters. The van der Waals surface area contributed by atoms with Crippen LogP contribution < -0.4 is 10.6 Å². The highest BCUT2D eigenvalue weighted by Crippen LogP contribution is 1.82. The summed E-state index contributed by atoms with van der Waals surface area (Å²) in [4.78, 5) is 4.41. The fraction of sp³-hybridized carbons (Fsp3) is 1.00. The summed E-state index contributed by atoms with van der Waals surface area (Å²) in [7, 11) is 8.08. The summed E-state index contributed by atoms with van der Waals surface area (Å²) in [6.45, 7) is 2.82. The van der Waals surface area contributed by atoms with Crippen LogP contribution in [0, 0.1) is 0 Å². The standard InChI is InChI=1S/C7H20N4/c1-8-5-10(3)7-11(4)6-9-2/h8-9H,5-7H2,1-4H3. The third-order valence-electron chi connectivity index (χ3n) is 1.34. The molecule has 68 valence electrons. The fourth-order valence-corrected chi connectivity index (χ4v) is 1.05. The second kappa shape index (κ2) is 6.54. The van der Waals surface area contributed by atoms with Gasteiger partial charge in [0.1, 0.15) is 0 Å². The molecule has 0 aliphatic carbocycles. The van der Waals surface area contributed by atoms with E-state index in [4.69, 9.17) is 0 Å². The van der Waals surface area contributed by atoms with Gasteiger partial charge in [0, 0.05) is 13.3 Å². The maximum atomic E-state index is 3.09. The second-order valence-corrected chi connectivity index (χ2v) is 2.88. The zero-order valence-electron chi connectivity index (χ0n) is 8.02. The first-order valence-corrected chi connectivity index (χ1v) is 3.87. The SMILES string of the molecule is CNCN(C)CN(C)CNC. The molecule has 0 fully saturated rings. The minimum absolute atomic E-state index is 0.925. The predicted octanol–water partition coefficient (Wildman–Crippen LogP) is -0.839. The Morgan fingerprint density at radius 3 is 1.55 bits per heavy atom. The second-order valence-electron chi connectivity index (χ2n) is 2.88. The Morgan fingerprint density at radius 1 is 0.909 bits per heavy atom. The van der Waals surface area contributed by atoms with Crippen LogP contribution in [-0.2, 0) is 0 Å². The highest BCUT2D eigenvalue weighted by Gasteiger charge is 1.99. The van der Waals surface area contributed by atoms with Crippen molar-refractivity contribution >= 4 is 0 Å². The molecule has 0 heterocycles. The Hall–Kier alpha value is -0.160. The molecule has 0 rings (SSSR count). The van der Waals surface area contributed by atoms with E-state index in [0.29, 0.717) is 0 Å². The lowest BCUT2D eigenvalue weighted by Gasteiger charge is -2.23. The van der Waals surface area contributed by atoms with Crippen LogP contribution in [0.3, 0.4) is 0 Å². The molecule has 0 saturated heterocycles. The van der Waals surface area contributed by atoms with Crippen molar-refractivity contribution in [1.29, 1.82) is 0 Å². The highest BCUT2D eigenvalue weighted by molar-refractivity contribution is 4.48. The molecule has 0 unspecified atom stereocenters. The zero-order chi connectivity index (χ0) is 8.69. The van der Waals surface area contributed by atoms with Gasteiger partial charge in [-0.05, 0) is 28.2 Å². The summed E-state index contributed by atoms with van der Waals surface area (Å²) in [5.74, 6) is 0. The molecule has 0 bridgehead atoms. The van der Waals surface area contributed by atoms with Gasteiger partial charge >= 0.3 is 0 Å². The van der Waals surface area contributed by atoms with E-state index < -0.39 is 0 Å². The van der Waals surface area contributed by atoms with Gasteiger partial charge in [-0.2, -0.15) is 0 Å². The topological polar surface area (TPSA) is 30.5 Å². The Labute approximate surface area is 69.5 Å². The largest absolute Gasteiger partial charge is 0.307 e. The number of hydrogen-bond acceptors (Lipinski definition) is 4. The van der Waals surface area contributed by atoms with E-state index in [1.807, 2.05) is 14.1 Å². The van der Waals surface area contributed by atoms with E-state index in [1.165, 1.54) is 0 Å². The molecule has 0 spiro atoms. The number of rotatable bonds is 6. The highest BCUT2D eigenvalue weighted by atomic mass is 15.3. The van der Waals surface area contributed by atoms with Crippen LogP contribution in [0.1, 0.15) is 0 Å². The van der Waals surface area contributed by atoms with Gasteiger partial charge in [-0.1, -0.05) is 0 Å². The predicted molar refractivity (Wildman–Crippen MR) is 48.2 cm³/mol. The van der Waals surface area contributed by atoms with Gasteiger partial charge in [-0.25, -0.2) is 0 Å². The molecule has 0 aromatic carbocycles. The van der Waals surface area contributed by atoms with Crippen molar-refractivity contribution in [1.82, 2.24) is 20.4 Å². The van der Waals surface area contributed by atoms with Crippen molar-refractivity contribution in [3.63, 3.8) is 0 Å². The Kier molecular flexibility index (Phi) is 6.45. The number of nitrogens with zero attached hydrogens (tertiary/aromatic N) is 2. The average Bonchev–Trinajstić information content (AvgIpc) is 1.87. The summed E-state index contributed by atoms with van der Waals surface area (Å²) in [5.41, 5.74) is 0. The zero-order valence-corrected chi connectivity index (χ0v) is 8.02. The van der Waals surface area contributed by atoms with Gasteiger partial charge in [0.15, 0.2) is 0 Å². The van der Waals surface area contributed by atoms with E-state index >= 15 is 0 Å². The van der Waals surface area contributed by atoms with Crippen molar-refractivity contribution in [3.05, 3.63) is 0 Å². The molecule has 4 heteroatoms. The van der Waals surface area contributed by atoms with Gasteiger partial charge < -0.3 is 10.6 Å². The monoisotopic (exact) mass is 160 g/mol. The molecule has 0 aliphatic heterocycles. The lowest BCUT2D eigenvalue weighted by Crippen LogP contribution is -2.40. The Bertz CT molecular complexity index is 76.5. The van der Waals surface area contributed by atoms with Crippen molar-refractivity contribution in [3.8, 4) is 0 Å². The molecule has 0 radical (unpaired) electrons. The average molecular weight is 160 g/mol. The minimum Gasteiger partial charge on any atom is -0.307 e. The van der Waals surface area contributed by atoms with Crippen LogP contribution in [0.15, 0.2) is 0 Å². The van der Waals surface area contributed by atoms with Gasteiger partial charge in [-0.15, -0.1) is 0 Å². The molecule has 0 amide bonds. The normalized spacial score (nSPS) is 11.5. The summed E-state index contributed by atoms with van der Waals surface area (Å²) < 4.78 is 0. The van der Waals surface area contributed by atoms with Crippen molar-refractivity contribution in [2.24, 2.45) is 0 Å². The van der Waals surface area contributed by atoms with Crippen LogP contribution in [0.25, 0.3) is 0 Å². The van der Waals surface area contributed by atoms with Gasteiger partial charge in [0.2, 0.25) is 0 Å². The smallest absolute Gasteiger partial charge is 0.0523 e.